The molecule has 4 rings (SSSR count). The van der Waals surface area contributed by atoms with E-state index in [-0.39, 0.29) is 0 Å². The lowest BCUT2D eigenvalue weighted by molar-refractivity contribution is 0.449. The number of hydrogen-bond acceptors (Lipinski definition) is 3. The first-order valence-corrected chi connectivity index (χ1v) is 9.14. The van der Waals surface area contributed by atoms with Crippen molar-refractivity contribution in [2.45, 2.75) is 38.4 Å². The Morgan fingerprint density at radius 2 is 1.88 bits per heavy atom. The van der Waals surface area contributed by atoms with E-state index in [0.717, 1.165) is 25.9 Å². The molecule has 0 bridgehead atoms. The summed E-state index contributed by atoms with van der Waals surface area (Å²) in [6, 6.07) is 20.8. The van der Waals surface area contributed by atoms with Crippen molar-refractivity contribution >= 4 is 0 Å². The van der Waals surface area contributed by atoms with Gasteiger partial charge in [-0.05, 0) is 42.5 Å². The van der Waals surface area contributed by atoms with Crippen molar-refractivity contribution in [1.82, 2.24) is 15.1 Å². The predicted molar refractivity (Wildman–Crippen MR) is 101 cm³/mol. The zero-order chi connectivity index (χ0) is 17.8. The van der Waals surface area contributed by atoms with E-state index < -0.39 is 0 Å². The van der Waals surface area contributed by atoms with Crippen molar-refractivity contribution in [2.24, 2.45) is 0 Å². The van der Waals surface area contributed by atoms with Crippen molar-refractivity contribution in [3.05, 3.63) is 88.7 Å². The summed E-state index contributed by atoms with van der Waals surface area (Å²) in [5.41, 5.74) is 5.88. The second kappa shape index (κ2) is 7.55. The summed E-state index contributed by atoms with van der Waals surface area (Å²) >= 11 is 0. The molecule has 0 fully saturated rings. The molecule has 1 atom stereocenters. The van der Waals surface area contributed by atoms with Crippen LogP contribution < -0.4 is 5.32 Å². The Balaban J connectivity index is 1.46. The van der Waals surface area contributed by atoms with Crippen LogP contribution in [0.4, 0.5) is 0 Å². The fourth-order valence-electron chi connectivity index (χ4n) is 3.66. The van der Waals surface area contributed by atoms with E-state index in [2.05, 4.69) is 45.4 Å². The number of hydrogen-bond donors (Lipinski definition) is 1. The number of fused-ring (bicyclic) bond motifs is 1. The van der Waals surface area contributed by atoms with E-state index in [1.807, 2.05) is 36.5 Å². The average Bonchev–Trinajstić information content (AvgIpc) is 3.11. The molecule has 1 aromatic heterocycles. The Kier molecular flexibility index (Phi) is 4.81. The Bertz CT molecular complexity index is 904. The first-order valence-electron chi connectivity index (χ1n) is 9.14. The maximum absolute atomic E-state index is 8.90. The topological polar surface area (TPSA) is 53.6 Å². The van der Waals surface area contributed by atoms with E-state index in [4.69, 9.17) is 5.26 Å². The highest BCUT2D eigenvalue weighted by atomic mass is 15.3. The molecule has 26 heavy (non-hydrogen) atoms. The molecular formula is C22H22N4. The summed E-state index contributed by atoms with van der Waals surface area (Å²) in [6.45, 7) is 1.64. The van der Waals surface area contributed by atoms with Crippen LogP contribution in [0.25, 0.3) is 0 Å². The summed E-state index contributed by atoms with van der Waals surface area (Å²) in [5.74, 6) is 0. The smallest absolute Gasteiger partial charge is 0.0991 e. The lowest BCUT2D eigenvalue weighted by Gasteiger charge is -2.24. The molecule has 1 aliphatic rings. The lowest BCUT2D eigenvalue weighted by Crippen LogP contribution is -2.25. The zero-order valence-electron chi connectivity index (χ0n) is 14.7. The minimum atomic E-state index is 0.346. The molecule has 1 heterocycles. The summed E-state index contributed by atoms with van der Waals surface area (Å²) in [7, 11) is 0. The molecule has 3 aromatic rings. The molecule has 4 nitrogen and oxygen atoms in total. The molecule has 1 aliphatic carbocycles. The van der Waals surface area contributed by atoms with Gasteiger partial charge in [-0.2, -0.15) is 10.4 Å². The van der Waals surface area contributed by atoms with Crippen LogP contribution in [-0.2, 0) is 19.5 Å². The number of nitrogens with zero attached hydrogens (tertiary/aromatic N) is 3. The highest BCUT2D eigenvalue weighted by Gasteiger charge is 2.23. The van der Waals surface area contributed by atoms with Gasteiger partial charge in [-0.15, -0.1) is 0 Å². The van der Waals surface area contributed by atoms with Crippen LogP contribution >= 0.6 is 0 Å². The molecular weight excluding hydrogens is 320 g/mol. The quantitative estimate of drug-likeness (QED) is 0.763. The van der Waals surface area contributed by atoms with Gasteiger partial charge >= 0.3 is 0 Å². The molecule has 130 valence electrons. The number of aromatic nitrogens is 2. The van der Waals surface area contributed by atoms with Gasteiger partial charge in [0.1, 0.15) is 0 Å². The third-order valence-corrected chi connectivity index (χ3v) is 5.07. The van der Waals surface area contributed by atoms with Gasteiger partial charge in [0, 0.05) is 23.8 Å². The fourth-order valence-corrected chi connectivity index (χ4v) is 3.66. The molecule has 0 radical (unpaired) electrons. The maximum Gasteiger partial charge on any atom is 0.0991 e. The summed E-state index contributed by atoms with van der Waals surface area (Å²) in [4.78, 5) is 0. The van der Waals surface area contributed by atoms with E-state index >= 15 is 0 Å². The molecule has 0 aliphatic heterocycles. The Labute approximate surface area is 154 Å². The minimum Gasteiger partial charge on any atom is -0.306 e. The van der Waals surface area contributed by atoms with Crippen molar-refractivity contribution in [1.29, 1.82) is 5.26 Å². The van der Waals surface area contributed by atoms with Crippen LogP contribution in [0.3, 0.4) is 0 Å². The van der Waals surface area contributed by atoms with Crippen molar-refractivity contribution in [3.8, 4) is 6.07 Å². The highest BCUT2D eigenvalue weighted by Crippen LogP contribution is 2.30. The third kappa shape index (κ3) is 3.54. The highest BCUT2D eigenvalue weighted by molar-refractivity contribution is 5.32. The standard InChI is InChI=1S/C22H22N4/c23-13-17-9-11-18(12-10-17)14-24-21-7-4-8-22-20(21)15-25-26(22)16-19-5-2-1-3-6-19/h1-3,5-6,9-12,15,21,24H,4,7-8,14,16H2. The Hall–Kier alpha value is -2.90. The van der Waals surface area contributed by atoms with E-state index in [0.29, 0.717) is 11.6 Å². The van der Waals surface area contributed by atoms with E-state index in [1.165, 1.54) is 28.8 Å². The van der Waals surface area contributed by atoms with Crippen LogP contribution in [0.2, 0.25) is 0 Å². The molecule has 0 spiro atoms. The third-order valence-electron chi connectivity index (χ3n) is 5.07. The van der Waals surface area contributed by atoms with E-state index in [9.17, 15) is 0 Å². The van der Waals surface area contributed by atoms with Crippen LogP contribution in [0.15, 0.2) is 60.8 Å². The van der Waals surface area contributed by atoms with Gasteiger partial charge in [-0.1, -0.05) is 42.5 Å². The molecule has 4 heteroatoms. The molecule has 0 amide bonds. The normalized spacial score (nSPS) is 16.0. The first kappa shape index (κ1) is 16.6. The minimum absolute atomic E-state index is 0.346. The molecule has 1 N–H and O–H groups in total. The van der Waals surface area contributed by atoms with Crippen LogP contribution in [0.1, 0.15) is 46.8 Å². The van der Waals surface area contributed by atoms with Crippen molar-refractivity contribution < 1.29 is 0 Å². The van der Waals surface area contributed by atoms with Gasteiger partial charge in [0.2, 0.25) is 0 Å². The van der Waals surface area contributed by atoms with Gasteiger partial charge in [0.15, 0.2) is 0 Å². The fraction of sp³-hybridized carbons (Fsp3) is 0.273. The summed E-state index contributed by atoms with van der Waals surface area (Å²) in [5, 5.41) is 17.2. The SMILES string of the molecule is N#Cc1ccc(CNC2CCCc3c2cnn3Cc2ccccc2)cc1. The van der Waals surface area contributed by atoms with E-state index in [1.54, 1.807) is 0 Å². The monoisotopic (exact) mass is 342 g/mol. The van der Waals surface area contributed by atoms with Gasteiger partial charge in [-0.3, -0.25) is 4.68 Å². The van der Waals surface area contributed by atoms with Crippen molar-refractivity contribution in [2.75, 3.05) is 0 Å². The predicted octanol–water partition coefficient (Wildman–Crippen LogP) is 3.97. The molecule has 2 aromatic carbocycles. The van der Waals surface area contributed by atoms with Gasteiger partial charge in [-0.25, -0.2) is 0 Å². The Morgan fingerprint density at radius 3 is 2.65 bits per heavy atom. The maximum atomic E-state index is 8.90. The van der Waals surface area contributed by atoms with Gasteiger partial charge in [0.25, 0.3) is 0 Å². The van der Waals surface area contributed by atoms with Crippen molar-refractivity contribution in [3.63, 3.8) is 0 Å². The van der Waals surface area contributed by atoms with Crippen LogP contribution in [0.5, 0.6) is 0 Å². The van der Waals surface area contributed by atoms with Gasteiger partial charge in [0.05, 0.1) is 24.4 Å². The second-order valence-corrected chi connectivity index (χ2v) is 6.82. The first-order chi connectivity index (χ1) is 12.8. The number of nitriles is 1. The molecule has 0 saturated carbocycles. The summed E-state index contributed by atoms with van der Waals surface area (Å²) in [6.07, 6.45) is 5.45. The molecule has 1 unspecified atom stereocenters. The molecule has 0 saturated heterocycles. The Morgan fingerprint density at radius 1 is 1.08 bits per heavy atom. The van der Waals surface area contributed by atoms with Gasteiger partial charge < -0.3 is 5.32 Å². The summed E-state index contributed by atoms with van der Waals surface area (Å²) < 4.78 is 2.15. The number of benzene rings is 2. The second-order valence-electron chi connectivity index (χ2n) is 6.82. The number of nitrogens with one attached hydrogen (secondary N) is 1. The lowest BCUT2D eigenvalue weighted by atomic mass is 9.92. The van der Waals surface area contributed by atoms with Crippen LogP contribution in [-0.4, -0.2) is 9.78 Å². The van der Waals surface area contributed by atoms with Crippen LogP contribution in [0, 0.1) is 11.3 Å². The number of rotatable bonds is 5. The zero-order valence-corrected chi connectivity index (χ0v) is 14.7. The largest absolute Gasteiger partial charge is 0.306 e. The average molecular weight is 342 g/mol.